The van der Waals surface area contributed by atoms with Crippen LogP contribution in [-0.2, 0) is 12.8 Å². The van der Waals surface area contributed by atoms with E-state index in [1.54, 1.807) is 0 Å². The molecule has 0 heterocycles. The first-order valence-corrected chi connectivity index (χ1v) is 8.27. The molecule has 0 radical (unpaired) electrons. The first kappa shape index (κ1) is 12.6. The van der Waals surface area contributed by atoms with Crippen molar-refractivity contribution < 1.29 is 0 Å². The van der Waals surface area contributed by atoms with Crippen molar-refractivity contribution in [1.29, 1.82) is 0 Å². The number of hydrogen-bond acceptors (Lipinski definition) is 0. The van der Waals surface area contributed by atoms with Crippen molar-refractivity contribution in [1.82, 2.24) is 0 Å². The molecular formula is C18H12Br2. The third-order valence-electron chi connectivity index (χ3n) is 4.11. The van der Waals surface area contributed by atoms with Crippen molar-refractivity contribution in [3.05, 3.63) is 79.7 Å². The van der Waals surface area contributed by atoms with Crippen molar-refractivity contribution >= 4 is 42.6 Å². The molecule has 2 heteroatoms. The molecular weight excluding hydrogens is 376 g/mol. The topological polar surface area (TPSA) is 0 Å². The first-order chi connectivity index (χ1) is 9.72. The van der Waals surface area contributed by atoms with Gasteiger partial charge in [-0.1, -0.05) is 56.1 Å². The Bertz CT molecular complexity index is 765. The SMILES string of the molecule is Brc1ccc(Br)c2cc3c(cc12)Cc1ccccc1C3. The van der Waals surface area contributed by atoms with Crippen LogP contribution in [0.5, 0.6) is 0 Å². The third kappa shape index (κ3) is 1.94. The van der Waals surface area contributed by atoms with E-state index in [1.165, 1.54) is 33.0 Å². The minimum absolute atomic E-state index is 1.04. The highest BCUT2D eigenvalue weighted by Gasteiger charge is 2.16. The van der Waals surface area contributed by atoms with Gasteiger partial charge in [0.15, 0.2) is 0 Å². The summed E-state index contributed by atoms with van der Waals surface area (Å²) in [5, 5.41) is 2.58. The van der Waals surface area contributed by atoms with Gasteiger partial charge in [0, 0.05) is 8.95 Å². The molecule has 20 heavy (non-hydrogen) atoms. The fourth-order valence-corrected chi connectivity index (χ4v) is 3.97. The lowest BCUT2D eigenvalue weighted by molar-refractivity contribution is 1.01. The van der Waals surface area contributed by atoms with Crippen LogP contribution in [0.1, 0.15) is 22.3 Å². The molecule has 0 saturated carbocycles. The van der Waals surface area contributed by atoms with Gasteiger partial charge in [0.2, 0.25) is 0 Å². The zero-order valence-electron chi connectivity index (χ0n) is 10.8. The summed E-state index contributed by atoms with van der Waals surface area (Å²) in [6, 6.07) is 17.7. The Morgan fingerprint density at radius 3 is 1.50 bits per heavy atom. The molecule has 0 unspecified atom stereocenters. The maximum Gasteiger partial charge on any atom is 0.0254 e. The molecule has 1 aliphatic rings. The summed E-state index contributed by atoms with van der Waals surface area (Å²) in [6.45, 7) is 0. The smallest absolute Gasteiger partial charge is 0.0254 e. The highest BCUT2D eigenvalue weighted by molar-refractivity contribution is 9.11. The fraction of sp³-hybridized carbons (Fsp3) is 0.111. The Morgan fingerprint density at radius 1 is 0.600 bits per heavy atom. The predicted molar refractivity (Wildman–Crippen MR) is 91.4 cm³/mol. The van der Waals surface area contributed by atoms with Crippen molar-refractivity contribution in [3.63, 3.8) is 0 Å². The number of halogens is 2. The highest BCUT2D eigenvalue weighted by atomic mass is 79.9. The summed E-state index contributed by atoms with van der Waals surface area (Å²) in [7, 11) is 0. The van der Waals surface area contributed by atoms with E-state index < -0.39 is 0 Å². The van der Waals surface area contributed by atoms with Crippen molar-refractivity contribution in [2.24, 2.45) is 0 Å². The van der Waals surface area contributed by atoms with Gasteiger partial charge in [-0.2, -0.15) is 0 Å². The molecule has 0 bridgehead atoms. The molecule has 0 spiro atoms. The second kappa shape index (κ2) is 4.71. The summed E-state index contributed by atoms with van der Waals surface area (Å²) < 4.78 is 2.33. The second-order valence-corrected chi connectivity index (χ2v) is 7.03. The number of benzene rings is 3. The molecule has 0 amide bonds. The molecule has 98 valence electrons. The van der Waals surface area contributed by atoms with E-state index in [2.05, 4.69) is 80.4 Å². The lowest BCUT2D eigenvalue weighted by atomic mass is 9.85. The van der Waals surface area contributed by atoms with Gasteiger partial charge in [0.25, 0.3) is 0 Å². The summed E-state index contributed by atoms with van der Waals surface area (Å²) in [5.41, 5.74) is 5.83. The van der Waals surface area contributed by atoms with Crippen LogP contribution in [0.15, 0.2) is 57.5 Å². The zero-order chi connectivity index (χ0) is 13.7. The van der Waals surface area contributed by atoms with Gasteiger partial charge in [-0.3, -0.25) is 0 Å². The monoisotopic (exact) mass is 386 g/mol. The van der Waals surface area contributed by atoms with Gasteiger partial charge >= 0.3 is 0 Å². The molecule has 0 atom stereocenters. The van der Waals surface area contributed by atoms with Crippen LogP contribution >= 0.6 is 31.9 Å². The summed E-state index contributed by atoms with van der Waals surface area (Å²) >= 11 is 7.34. The standard InChI is InChI=1S/C18H12Br2/c19-17-5-6-18(20)16-10-14-8-12-4-2-1-3-11(12)7-13(14)9-15(16)17/h1-6,9-10H,7-8H2. The lowest BCUT2D eigenvalue weighted by Crippen LogP contribution is -2.07. The van der Waals surface area contributed by atoms with Crippen LogP contribution in [0, 0.1) is 0 Å². The van der Waals surface area contributed by atoms with Crippen LogP contribution in [0.25, 0.3) is 10.8 Å². The molecule has 0 aromatic heterocycles. The summed E-state index contributed by atoms with van der Waals surface area (Å²) in [4.78, 5) is 0. The number of hydrogen-bond donors (Lipinski definition) is 0. The van der Waals surface area contributed by atoms with Crippen LogP contribution in [0.3, 0.4) is 0 Å². The Kier molecular flexibility index (Phi) is 2.97. The van der Waals surface area contributed by atoms with E-state index in [0.29, 0.717) is 0 Å². The average molecular weight is 388 g/mol. The van der Waals surface area contributed by atoms with Gasteiger partial charge in [-0.25, -0.2) is 0 Å². The van der Waals surface area contributed by atoms with Gasteiger partial charge in [-0.15, -0.1) is 0 Å². The molecule has 0 fully saturated rings. The molecule has 1 aliphatic carbocycles. The largest absolute Gasteiger partial charge is 0.0620 e. The van der Waals surface area contributed by atoms with E-state index in [-0.39, 0.29) is 0 Å². The molecule has 0 nitrogen and oxygen atoms in total. The van der Waals surface area contributed by atoms with E-state index in [0.717, 1.165) is 21.8 Å². The van der Waals surface area contributed by atoms with Gasteiger partial charge in [0.05, 0.1) is 0 Å². The van der Waals surface area contributed by atoms with Gasteiger partial charge in [-0.05, 0) is 70.1 Å². The van der Waals surface area contributed by atoms with E-state index in [9.17, 15) is 0 Å². The molecule has 3 aromatic carbocycles. The van der Waals surface area contributed by atoms with Gasteiger partial charge in [0.1, 0.15) is 0 Å². The van der Waals surface area contributed by atoms with E-state index in [4.69, 9.17) is 0 Å². The Morgan fingerprint density at radius 2 is 1.05 bits per heavy atom. The predicted octanol–water partition coefficient (Wildman–Crippen LogP) is 5.86. The van der Waals surface area contributed by atoms with Crippen molar-refractivity contribution in [2.45, 2.75) is 12.8 Å². The quantitative estimate of drug-likeness (QED) is 0.354. The van der Waals surface area contributed by atoms with E-state index in [1.807, 2.05) is 0 Å². The van der Waals surface area contributed by atoms with Crippen LogP contribution < -0.4 is 0 Å². The average Bonchev–Trinajstić information content (AvgIpc) is 2.47. The molecule has 0 N–H and O–H groups in total. The number of rotatable bonds is 0. The second-order valence-electron chi connectivity index (χ2n) is 5.32. The first-order valence-electron chi connectivity index (χ1n) is 6.68. The fourth-order valence-electron chi connectivity index (χ4n) is 3.05. The number of fused-ring (bicyclic) bond motifs is 3. The summed E-state index contributed by atoms with van der Waals surface area (Å²) in [6.07, 6.45) is 2.08. The Balaban J connectivity index is 1.97. The minimum Gasteiger partial charge on any atom is -0.0620 e. The van der Waals surface area contributed by atoms with Crippen LogP contribution in [0.4, 0.5) is 0 Å². The minimum atomic E-state index is 1.04. The maximum absolute atomic E-state index is 3.67. The third-order valence-corrected chi connectivity index (χ3v) is 5.49. The molecule has 3 aromatic rings. The Hall–Kier alpha value is -1.12. The van der Waals surface area contributed by atoms with Gasteiger partial charge < -0.3 is 0 Å². The molecule has 0 saturated heterocycles. The maximum atomic E-state index is 3.67. The molecule has 4 rings (SSSR count). The van der Waals surface area contributed by atoms with Crippen LogP contribution in [0.2, 0.25) is 0 Å². The Labute approximate surface area is 135 Å². The molecule has 0 aliphatic heterocycles. The van der Waals surface area contributed by atoms with Crippen LogP contribution in [-0.4, -0.2) is 0 Å². The van der Waals surface area contributed by atoms with Crippen molar-refractivity contribution in [2.75, 3.05) is 0 Å². The lowest BCUT2D eigenvalue weighted by Gasteiger charge is -2.21. The highest BCUT2D eigenvalue weighted by Crippen LogP contribution is 2.36. The summed E-state index contributed by atoms with van der Waals surface area (Å²) in [5.74, 6) is 0. The normalized spacial score (nSPS) is 13.1. The van der Waals surface area contributed by atoms with Crippen molar-refractivity contribution in [3.8, 4) is 0 Å². The van der Waals surface area contributed by atoms with E-state index >= 15 is 0 Å². The zero-order valence-corrected chi connectivity index (χ0v) is 14.0.